The highest BCUT2D eigenvalue weighted by Gasteiger charge is 2.43. The van der Waals surface area contributed by atoms with E-state index in [0.717, 1.165) is 0 Å². The van der Waals surface area contributed by atoms with Crippen molar-refractivity contribution in [3.8, 4) is 0 Å². The number of hydrogen-bond acceptors (Lipinski definition) is 9. The molecule has 14 nitrogen and oxygen atoms in total. The van der Waals surface area contributed by atoms with Gasteiger partial charge in [0.2, 0.25) is 23.6 Å². The molecule has 10 atom stereocenters. The Morgan fingerprint density at radius 3 is 2.08 bits per heavy atom. The second-order valence-corrected chi connectivity index (χ2v) is 15.3. The van der Waals surface area contributed by atoms with Gasteiger partial charge in [0.25, 0.3) is 0 Å². The van der Waals surface area contributed by atoms with Crippen LogP contribution in [0.15, 0.2) is 30.3 Å². The average Bonchev–Trinajstić information content (AvgIpc) is 3.59. The van der Waals surface area contributed by atoms with Crippen molar-refractivity contribution >= 4 is 31.9 Å². The number of benzene rings is 1. The molecule has 0 aromatic heterocycles. The minimum Gasteiger partial charge on any atom is -0.379 e. The van der Waals surface area contributed by atoms with Crippen LogP contribution in [0, 0.1) is 23.7 Å². The van der Waals surface area contributed by atoms with E-state index >= 15 is 0 Å². The summed E-state index contributed by atoms with van der Waals surface area (Å²) in [6.45, 7) is 13.8. The molecule has 52 heavy (non-hydrogen) atoms. The van der Waals surface area contributed by atoms with E-state index in [-0.39, 0.29) is 41.9 Å². The molecule has 1 saturated heterocycles. The Balaban J connectivity index is 2.29. The van der Waals surface area contributed by atoms with Gasteiger partial charge >= 0.3 is 8.25 Å². The summed E-state index contributed by atoms with van der Waals surface area (Å²) in [7, 11) is 3.07. The van der Waals surface area contributed by atoms with Crippen molar-refractivity contribution in [1.82, 2.24) is 25.8 Å². The van der Waals surface area contributed by atoms with Gasteiger partial charge in [0.15, 0.2) is 6.23 Å². The number of amides is 4. The van der Waals surface area contributed by atoms with E-state index in [1.165, 1.54) is 14.2 Å². The predicted octanol–water partition coefficient (Wildman–Crippen LogP) is 3.51. The summed E-state index contributed by atoms with van der Waals surface area (Å²) < 4.78 is 28.6. The molecule has 1 fully saturated rings. The Labute approximate surface area is 311 Å². The Morgan fingerprint density at radius 2 is 1.58 bits per heavy atom. The Morgan fingerprint density at radius 1 is 0.962 bits per heavy atom. The van der Waals surface area contributed by atoms with Gasteiger partial charge in [-0.25, -0.2) is 0 Å². The van der Waals surface area contributed by atoms with Crippen LogP contribution in [0.2, 0.25) is 0 Å². The highest BCUT2D eigenvalue weighted by molar-refractivity contribution is 7.32. The minimum atomic E-state index is -3.38. The van der Waals surface area contributed by atoms with Crippen LogP contribution in [-0.4, -0.2) is 110 Å². The zero-order valence-electron chi connectivity index (χ0n) is 32.9. The summed E-state index contributed by atoms with van der Waals surface area (Å²) in [6, 6.07) is 6.46. The first-order valence-electron chi connectivity index (χ1n) is 18.4. The van der Waals surface area contributed by atoms with Gasteiger partial charge in [-0.1, -0.05) is 85.2 Å². The molecule has 296 valence electrons. The number of likely N-dealkylation sites (N-methyl/N-ethyl adjacent to an activating group) is 2. The van der Waals surface area contributed by atoms with Gasteiger partial charge in [-0.3, -0.25) is 28.3 Å². The standard InChI is InChI=1S/C37H64N5O9P/c1-12-24(6)32(41(9)37(46)31(23(4)5)39-35(45)30(38-8)22(2)3)28(49-10)21-29(43)42-20-16-19-27(42)33(50-11)25(7)34(44)40-36(51-52(47)48)26-17-14-13-15-18-26/h13-15,17-18,22-25,27-28,30-33,36,38,52H,12,16,19-21H2,1-11H3,(H,39,45)(H,40,44)(H,47,48)/t24?,25-,27-,28+,30-,31-,32-,33+,36?/m0/s1. The van der Waals surface area contributed by atoms with Crippen LogP contribution in [0.4, 0.5) is 0 Å². The van der Waals surface area contributed by atoms with Crippen molar-refractivity contribution in [2.45, 2.75) is 117 Å². The second-order valence-electron chi connectivity index (χ2n) is 14.5. The van der Waals surface area contributed by atoms with Crippen LogP contribution in [0.25, 0.3) is 0 Å². The number of likely N-dealkylation sites (tertiary alicyclic amines) is 1. The van der Waals surface area contributed by atoms with Crippen molar-refractivity contribution in [2.75, 3.05) is 34.9 Å². The molecule has 4 N–H and O–H groups in total. The first kappa shape index (κ1) is 45.3. The molecule has 0 radical (unpaired) electrons. The molecule has 1 aromatic rings. The third-order valence-corrected chi connectivity index (χ3v) is 10.8. The van der Waals surface area contributed by atoms with Gasteiger partial charge in [-0.2, -0.15) is 0 Å². The van der Waals surface area contributed by atoms with Gasteiger partial charge in [0, 0.05) is 33.4 Å². The van der Waals surface area contributed by atoms with Crippen molar-refractivity contribution < 1.29 is 42.6 Å². The lowest BCUT2D eigenvalue weighted by atomic mass is 9.89. The van der Waals surface area contributed by atoms with Crippen LogP contribution < -0.4 is 16.0 Å². The predicted molar refractivity (Wildman–Crippen MR) is 200 cm³/mol. The van der Waals surface area contributed by atoms with Crippen LogP contribution in [-0.2, 0) is 37.7 Å². The third kappa shape index (κ3) is 12.1. The van der Waals surface area contributed by atoms with Gasteiger partial charge in [-0.15, -0.1) is 0 Å². The molecule has 3 unspecified atom stereocenters. The fraction of sp³-hybridized carbons (Fsp3) is 0.730. The van der Waals surface area contributed by atoms with Crippen molar-refractivity contribution in [1.29, 1.82) is 0 Å². The quantitative estimate of drug-likeness (QED) is 0.107. The van der Waals surface area contributed by atoms with E-state index in [1.54, 1.807) is 61.2 Å². The van der Waals surface area contributed by atoms with Crippen molar-refractivity contribution in [2.24, 2.45) is 23.7 Å². The summed E-state index contributed by atoms with van der Waals surface area (Å²) >= 11 is 0. The molecule has 1 aromatic carbocycles. The maximum Gasteiger partial charge on any atom is 0.318 e. The summed E-state index contributed by atoms with van der Waals surface area (Å²) in [5, 5.41) is 8.73. The first-order chi connectivity index (χ1) is 24.5. The third-order valence-electron chi connectivity index (χ3n) is 10.3. The molecule has 1 heterocycles. The smallest absolute Gasteiger partial charge is 0.318 e. The molecule has 0 spiro atoms. The fourth-order valence-corrected chi connectivity index (χ4v) is 7.62. The van der Waals surface area contributed by atoms with Gasteiger partial charge in [0.1, 0.15) is 6.04 Å². The summed E-state index contributed by atoms with van der Waals surface area (Å²) in [5.74, 6) is -2.14. The molecule has 0 bridgehead atoms. The average molecular weight is 754 g/mol. The van der Waals surface area contributed by atoms with Crippen molar-refractivity contribution in [3.63, 3.8) is 0 Å². The van der Waals surface area contributed by atoms with E-state index < -0.39 is 62.7 Å². The lowest BCUT2D eigenvalue weighted by molar-refractivity contribution is -0.148. The topological polar surface area (TPSA) is 176 Å². The van der Waals surface area contributed by atoms with E-state index in [9.17, 15) is 28.6 Å². The Hall–Kier alpha value is -2.87. The number of carbonyl (C=O) groups is 4. The van der Waals surface area contributed by atoms with Crippen LogP contribution in [0.3, 0.4) is 0 Å². The van der Waals surface area contributed by atoms with E-state index in [0.29, 0.717) is 31.4 Å². The molecular weight excluding hydrogens is 689 g/mol. The van der Waals surface area contributed by atoms with E-state index in [4.69, 9.17) is 14.0 Å². The lowest BCUT2D eigenvalue weighted by Crippen LogP contribution is -2.59. The summed E-state index contributed by atoms with van der Waals surface area (Å²) in [6.07, 6.45) is -0.476. The van der Waals surface area contributed by atoms with Crippen LogP contribution >= 0.6 is 8.25 Å². The van der Waals surface area contributed by atoms with E-state index in [2.05, 4.69) is 16.0 Å². The van der Waals surface area contributed by atoms with Crippen LogP contribution in [0.1, 0.15) is 85.9 Å². The van der Waals surface area contributed by atoms with Gasteiger partial charge < -0.3 is 40.1 Å². The number of rotatable bonds is 21. The van der Waals surface area contributed by atoms with Crippen LogP contribution in [0.5, 0.6) is 0 Å². The Bertz CT molecular complexity index is 1320. The molecule has 15 heteroatoms. The lowest BCUT2D eigenvalue weighted by Gasteiger charge is -2.41. The highest BCUT2D eigenvalue weighted by atomic mass is 31.1. The zero-order chi connectivity index (χ0) is 39.3. The molecule has 0 aliphatic carbocycles. The van der Waals surface area contributed by atoms with E-state index in [1.807, 2.05) is 41.5 Å². The highest BCUT2D eigenvalue weighted by Crippen LogP contribution is 2.31. The number of hydrogen-bond donors (Lipinski definition) is 4. The minimum absolute atomic E-state index is 0.0147. The maximum absolute atomic E-state index is 14.1. The maximum atomic E-state index is 14.1. The van der Waals surface area contributed by atoms with Gasteiger partial charge in [-0.05, 0) is 37.6 Å². The number of carbonyl (C=O) groups excluding carboxylic acids is 4. The summed E-state index contributed by atoms with van der Waals surface area (Å²) in [5.41, 5.74) is 0.506. The monoisotopic (exact) mass is 753 g/mol. The Kier molecular flexibility index (Phi) is 18.9. The SMILES string of the molecule is CCC(C)[C@@H]([C@@H](CC(=O)N1CCC[C@H]1[C@H](OC)[C@H](C)C(=O)NC(O[PH](=O)O)c1ccccc1)OC)N(C)C(=O)[C@@H](NC(=O)[C@@H](NC)C(C)C)C(C)C. The number of methoxy groups -OCH3 is 2. The number of nitrogens with one attached hydrogen (secondary N) is 3. The normalized spacial score (nSPS) is 20.0. The van der Waals surface area contributed by atoms with Gasteiger partial charge in [0.05, 0.1) is 42.7 Å². The molecule has 1 aliphatic rings. The second kappa shape index (κ2) is 21.7. The number of ether oxygens (including phenoxy) is 2. The number of nitrogens with zero attached hydrogens (tertiary/aromatic N) is 2. The first-order valence-corrected chi connectivity index (χ1v) is 19.6. The molecule has 0 saturated carbocycles. The summed E-state index contributed by atoms with van der Waals surface area (Å²) in [4.78, 5) is 67.8. The molecular formula is C37H64N5O9P. The molecule has 1 aliphatic heterocycles. The van der Waals surface area contributed by atoms with Crippen molar-refractivity contribution in [3.05, 3.63) is 35.9 Å². The molecule has 2 rings (SSSR count). The zero-order valence-corrected chi connectivity index (χ0v) is 33.9. The fourth-order valence-electron chi connectivity index (χ4n) is 7.22. The molecule has 4 amide bonds. The largest absolute Gasteiger partial charge is 0.379 e.